The summed E-state index contributed by atoms with van der Waals surface area (Å²) in [6.07, 6.45) is 0. The van der Waals surface area contributed by atoms with Gasteiger partial charge in [-0.05, 0) is 49.2 Å². The highest BCUT2D eigenvalue weighted by molar-refractivity contribution is 7.92. The minimum atomic E-state index is -3.65. The molecule has 0 atom stereocenters. The number of aryl methyl sites for hydroxylation is 2. The molecule has 0 saturated carbocycles. The average molecular weight is 311 g/mol. The first-order valence-corrected chi connectivity index (χ1v) is 7.81. The summed E-state index contributed by atoms with van der Waals surface area (Å²) < 4.78 is 27.3. The highest BCUT2D eigenvalue weighted by Crippen LogP contribution is 2.25. The Balaban J connectivity index is 2.40. The molecule has 20 heavy (non-hydrogen) atoms. The molecule has 0 heterocycles. The Hall–Kier alpha value is -1.72. The molecule has 106 valence electrons. The van der Waals surface area contributed by atoms with Crippen LogP contribution in [0.4, 0.5) is 11.4 Å². The molecule has 0 bridgehead atoms. The lowest BCUT2D eigenvalue weighted by molar-refractivity contribution is 0.600. The van der Waals surface area contributed by atoms with Crippen LogP contribution in [0.25, 0.3) is 0 Å². The van der Waals surface area contributed by atoms with Crippen LogP contribution in [0.5, 0.6) is 0 Å². The molecule has 2 rings (SSSR count). The molecule has 0 aliphatic carbocycles. The summed E-state index contributed by atoms with van der Waals surface area (Å²) in [4.78, 5) is 0.255. The monoisotopic (exact) mass is 310 g/mol. The van der Waals surface area contributed by atoms with Crippen LogP contribution in [-0.2, 0) is 10.0 Å². The summed E-state index contributed by atoms with van der Waals surface area (Å²) in [6.45, 7) is 3.60. The summed E-state index contributed by atoms with van der Waals surface area (Å²) in [5.74, 6) is 0. The van der Waals surface area contributed by atoms with Crippen molar-refractivity contribution in [1.82, 2.24) is 0 Å². The smallest absolute Gasteiger partial charge is 0.262 e. The fraction of sp³-hybridized carbons (Fsp3) is 0.143. The lowest BCUT2D eigenvalue weighted by atomic mass is 10.2. The number of nitrogen functional groups attached to an aromatic ring is 1. The Morgan fingerprint density at radius 2 is 1.80 bits per heavy atom. The summed E-state index contributed by atoms with van der Waals surface area (Å²) in [5.41, 5.74) is 7.95. The predicted octanol–water partition coefficient (Wildman–Crippen LogP) is 3.34. The van der Waals surface area contributed by atoms with Gasteiger partial charge >= 0.3 is 0 Å². The van der Waals surface area contributed by atoms with Gasteiger partial charge in [-0.15, -0.1) is 0 Å². The number of nitrogens with one attached hydrogen (secondary N) is 1. The van der Waals surface area contributed by atoms with Gasteiger partial charge in [0, 0.05) is 0 Å². The second kappa shape index (κ2) is 5.34. The van der Waals surface area contributed by atoms with Crippen molar-refractivity contribution in [3.63, 3.8) is 0 Å². The van der Waals surface area contributed by atoms with Crippen LogP contribution in [0, 0.1) is 13.8 Å². The largest absolute Gasteiger partial charge is 0.398 e. The normalized spacial score (nSPS) is 11.3. The summed E-state index contributed by atoms with van der Waals surface area (Å²) >= 11 is 5.89. The van der Waals surface area contributed by atoms with E-state index in [2.05, 4.69) is 4.72 Å². The van der Waals surface area contributed by atoms with Crippen molar-refractivity contribution in [3.8, 4) is 0 Å². The first-order chi connectivity index (χ1) is 9.29. The van der Waals surface area contributed by atoms with E-state index in [1.165, 1.54) is 6.07 Å². The molecule has 2 aromatic carbocycles. The number of nitrogens with two attached hydrogens (primary N) is 1. The maximum absolute atomic E-state index is 12.4. The molecule has 0 aromatic heterocycles. The third kappa shape index (κ3) is 3.05. The minimum Gasteiger partial charge on any atom is -0.398 e. The zero-order valence-corrected chi connectivity index (χ0v) is 12.7. The van der Waals surface area contributed by atoms with E-state index in [0.717, 1.165) is 5.56 Å². The zero-order valence-electron chi connectivity index (χ0n) is 11.1. The molecule has 0 fully saturated rings. The van der Waals surface area contributed by atoms with E-state index in [4.69, 9.17) is 17.3 Å². The molecule has 0 aliphatic rings. The topological polar surface area (TPSA) is 72.2 Å². The van der Waals surface area contributed by atoms with Gasteiger partial charge in [0.1, 0.15) is 0 Å². The molecule has 4 nitrogen and oxygen atoms in total. The van der Waals surface area contributed by atoms with Crippen LogP contribution in [-0.4, -0.2) is 8.42 Å². The number of hydrogen-bond acceptors (Lipinski definition) is 3. The molecule has 3 N–H and O–H groups in total. The molecule has 0 radical (unpaired) electrons. The van der Waals surface area contributed by atoms with E-state index in [1.807, 2.05) is 13.0 Å². The Bertz CT molecular complexity index is 758. The van der Waals surface area contributed by atoms with E-state index in [9.17, 15) is 8.42 Å². The fourth-order valence-corrected chi connectivity index (χ4v) is 3.36. The molecular weight excluding hydrogens is 296 g/mol. The van der Waals surface area contributed by atoms with Crippen LogP contribution in [0.1, 0.15) is 11.1 Å². The van der Waals surface area contributed by atoms with Crippen LogP contribution >= 0.6 is 11.6 Å². The minimum absolute atomic E-state index is 0.255. The van der Waals surface area contributed by atoms with E-state index in [-0.39, 0.29) is 4.90 Å². The van der Waals surface area contributed by atoms with Gasteiger partial charge in [-0.3, -0.25) is 4.72 Å². The Kier molecular flexibility index (Phi) is 3.92. The number of hydrogen-bond donors (Lipinski definition) is 2. The number of anilines is 2. The van der Waals surface area contributed by atoms with Crippen molar-refractivity contribution in [2.75, 3.05) is 10.5 Å². The predicted molar refractivity (Wildman–Crippen MR) is 82.6 cm³/mol. The van der Waals surface area contributed by atoms with Crippen molar-refractivity contribution >= 4 is 33.0 Å². The van der Waals surface area contributed by atoms with E-state index in [1.54, 1.807) is 31.2 Å². The summed E-state index contributed by atoms with van der Waals surface area (Å²) in [7, 11) is -3.65. The molecule has 0 spiro atoms. The zero-order chi connectivity index (χ0) is 14.9. The molecule has 6 heteroatoms. The fourth-order valence-electron chi connectivity index (χ4n) is 1.80. The standard InChI is InChI=1S/C14H15ClN2O2S/c1-9-3-4-10(2)14(7-9)20(18,19)17-11-5-6-13(16)12(15)8-11/h3-8,17H,16H2,1-2H3. The molecule has 0 amide bonds. The molecule has 0 saturated heterocycles. The maximum atomic E-state index is 12.4. The van der Waals surface area contributed by atoms with Gasteiger partial charge in [0.15, 0.2) is 0 Å². The van der Waals surface area contributed by atoms with Crippen molar-refractivity contribution in [3.05, 3.63) is 52.5 Å². The third-order valence-corrected chi connectivity index (χ3v) is 4.74. The van der Waals surface area contributed by atoms with E-state index in [0.29, 0.717) is 22.0 Å². The summed E-state index contributed by atoms with van der Waals surface area (Å²) in [6, 6.07) is 9.90. The lowest BCUT2D eigenvalue weighted by Crippen LogP contribution is -2.14. The van der Waals surface area contributed by atoms with Gasteiger partial charge in [0.2, 0.25) is 0 Å². The number of rotatable bonds is 3. The van der Waals surface area contributed by atoms with Crippen LogP contribution in [0.2, 0.25) is 5.02 Å². The number of benzene rings is 2. The van der Waals surface area contributed by atoms with Crippen molar-refractivity contribution < 1.29 is 8.42 Å². The van der Waals surface area contributed by atoms with Gasteiger partial charge in [-0.1, -0.05) is 23.7 Å². The molecule has 2 aromatic rings. The van der Waals surface area contributed by atoms with Gasteiger partial charge in [-0.2, -0.15) is 0 Å². The Labute approximate surface area is 123 Å². The SMILES string of the molecule is Cc1ccc(C)c(S(=O)(=O)Nc2ccc(N)c(Cl)c2)c1. The van der Waals surface area contributed by atoms with Gasteiger partial charge in [-0.25, -0.2) is 8.42 Å². The van der Waals surface area contributed by atoms with Gasteiger partial charge in [0.25, 0.3) is 10.0 Å². The Morgan fingerprint density at radius 3 is 2.45 bits per heavy atom. The second-order valence-electron chi connectivity index (χ2n) is 4.61. The summed E-state index contributed by atoms with van der Waals surface area (Å²) in [5, 5.41) is 0.311. The molecular formula is C14H15ClN2O2S. The average Bonchev–Trinajstić information content (AvgIpc) is 2.36. The molecule has 0 unspecified atom stereocenters. The number of halogens is 1. The second-order valence-corrected chi connectivity index (χ2v) is 6.67. The number of sulfonamides is 1. The first-order valence-electron chi connectivity index (χ1n) is 5.95. The first kappa shape index (κ1) is 14.7. The van der Waals surface area contributed by atoms with Gasteiger partial charge < -0.3 is 5.73 Å². The van der Waals surface area contributed by atoms with Crippen molar-refractivity contribution in [1.29, 1.82) is 0 Å². The van der Waals surface area contributed by atoms with E-state index >= 15 is 0 Å². The highest BCUT2D eigenvalue weighted by Gasteiger charge is 2.17. The van der Waals surface area contributed by atoms with Crippen molar-refractivity contribution in [2.45, 2.75) is 18.7 Å². The quantitative estimate of drug-likeness (QED) is 0.854. The highest BCUT2D eigenvalue weighted by atomic mass is 35.5. The van der Waals surface area contributed by atoms with Crippen LogP contribution in [0.15, 0.2) is 41.3 Å². The third-order valence-electron chi connectivity index (χ3n) is 2.89. The van der Waals surface area contributed by atoms with Gasteiger partial charge in [0.05, 0.1) is 21.3 Å². The van der Waals surface area contributed by atoms with E-state index < -0.39 is 10.0 Å². The Morgan fingerprint density at radius 1 is 1.10 bits per heavy atom. The van der Waals surface area contributed by atoms with Crippen LogP contribution < -0.4 is 10.5 Å². The van der Waals surface area contributed by atoms with Crippen molar-refractivity contribution in [2.24, 2.45) is 0 Å². The maximum Gasteiger partial charge on any atom is 0.262 e. The molecule has 0 aliphatic heterocycles. The lowest BCUT2D eigenvalue weighted by Gasteiger charge is -2.11. The van der Waals surface area contributed by atoms with Crippen LogP contribution in [0.3, 0.4) is 0 Å².